The van der Waals surface area contributed by atoms with Crippen molar-refractivity contribution in [1.29, 1.82) is 0 Å². The number of para-hydroxylation sites is 2. The summed E-state index contributed by atoms with van der Waals surface area (Å²) in [5, 5.41) is 0. The molecular weight excluding hydrogens is 212 g/mol. The van der Waals surface area contributed by atoms with E-state index in [-0.39, 0.29) is 0 Å². The lowest BCUT2D eigenvalue weighted by molar-refractivity contribution is 0.300. The summed E-state index contributed by atoms with van der Waals surface area (Å²) in [4.78, 5) is 4.40. The lowest BCUT2D eigenvalue weighted by atomic mass is 10.3. The molecule has 1 heterocycles. The van der Waals surface area contributed by atoms with Crippen LogP contribution in [0.2, 0.25) is 0 Å². The fourth-order valence-electron chi connectivity index (χ4n) is 1.59. The molecule has 0 amide bonds. The quantitative estimate of drug-likeness (QED) is 0.747. The van der Waals surface area contributed by atoms with E-state index in [1.54, 1.807) is 0 Å². The molecule has 2 rings (SSSR count). The number of alkyl halides is 1. The van der Waals surface area contributed by atoms with E-state index in [4.69, 9.17) is 16.3 Å². The number of imidazole rings is 1. The first-order valence-corrected chi connectivity index (χ1v) is 5.54. The van der Waals surface area contributed by atoms with Gasteiger partial charge in [-0.1, -0.05) is 12.1 Å². The van der Waals surface area contributed by atoms with Crippen molar-refractivity contribution in [2.75, 3.05) is 12.5 Å². The van der Waals surface area contributed by atoms with Crippen LogP contribution >= 0.6 is 11.6 Å². The van der Waals surface area contributed by atoms with Gasteiger partial charge in [-0.05, 0) is 19.1 Å². The monoisotopic (exact) mass is 224 g/mol. The molecule has 0 fully saturated rings. The van der Waals surface area contributed by atoms with E-state index in [1.807, 2.05) is 35.8 Å². The number of benzene rings is 1. The van der Waals surface area contributed by atoms with Crippen LogP contribution in [0.15, 0.2) is 24.3 Å². The summed E-state index contributed by atoms with van der Waals surface area (Å²) >= 11 is 5.76. The molecule has 0 bridgehead atoms. The molecule has 1 aromatic carbocycles. The minimum Gasteiger partial charge on any atom is -0.465 e. The molecule has 0 aliphatic heterocycles. The highest BCUT2D eigenvalue weighted by Crippen LogP contribution is 2.21. The predicted octanol–water partition coefficient (Wildman–Crippen LogP) is 2.67. The minimum atomic E-state index is 0.556. The van der Waals surface area contributed by atoms with E-state index in [9.17, 15) is 0 Å². The number of rotatable bonds is 4. The number of nitrogens with zero attached hydrogens (tertiary/aromatic N) is 2. The first-order chi connectivity index (χ1) is 7.36. The van der Waals surface area contributed by atoms with Crippen LogP contribution in [0.1, 0.15) is 6.92 Å². The molecule has 0 saturated carbocycles. The number of halogens is 1. The Kier molecular flexibility index (Phi) is 3.11. The van der Waals surface area contributed by atoms with Gasteiger partial charge in [0.15, 0.2) is 0 Å². The lowest BCUT2D eigenvalue weighted by Gasteiger charge is -2.06. The van der Waals surface area contributed by atoms with Gasteiger partial charge in [-0.3, -0.25) is 4.57 Å². The molecule has 0 N–H and O–H groups in total. The van der Waals surface area contributed by atoms with Crippen LogP contribution in [0.3, 0.4) is 0 Å². The number of aromatic nitrogens is 2. The van der Waals surface area contributed by atoms with Gasteiger partial charge in [0.2, 0.25) is 0 Å². The number of ether oxygens (including phenoxy) is 1. The van der Waals surface area contributed by atoms with Crippen LogP contribution in [-0.2, 0) is 6.54 Å². The third-order valence-electron chi connectivity index (χ3n) is 2.20. The average molecular weight is 225 g/mol. The summed E-state index contributed by atoms with van der Waals surface area (Å²) in [6.07, 6.45) is 0. The molecule has 0 aliphatic rings. The highest BCUT2D eigenvalue weighted by Gasteiger charge is 2.09. The zero-order valence-corrected chi connectivity index (χ0v) is 9.37. The van der Waals surface area contributed by atoms with E-state index in [2.05, 4.69) is 4.98 Å². The number of aryl methyl sites for hydroxylation is 1. The van der Waals surface area contributed by atoms with Crippen LogP contribution in [0.25, 0.3) is 11.0 Å². The van der Waals surface area contributed by atoms with Crippen LogP contribution < -0.4 is 4.74 Å². The van der Waals surface area contributed by atoms with Crippen molar-refractivity contribution in [3.8, 4) is 6.01 Å². The first-order valence-electron chi connectivity index (χ1n) is 5.01. The molecule has 2 aromatic rings. The number of hydrogen-bond donors (Lipinski definition) is 0. The summed E-state index contributed by atoms with van der Waals surface area (Å²) < 4.78 is 7.47. The Balaban J connectivity index is 2.53. The molecule has 0 saturated heterocycles. The first kappa shape index (κ1) is 10.3. The molecule has 0 atom stereocenters. The second kappa shape index (κ2) is 4.53. The Hall–Kier alpha value is -1.22. The largest absolute Gasteiger partial charge is 0.465 e. The van der Waals surface area contributed by atoms with Gasteiger partial charge in [0.05, 0.1) is 17.6 Å². The second-order valence-electron chi connectivity index (χ2n) is 3.16. The number of hydrogen-bond acceptors (Lipinski definition) is 2. The smallest absolute Gasteiger partial charge is 0.297 e. The van der Waals surface area contributed by atoms with Crippen LogP contribution in [0.5, 0.6) is 6.01 Å². The van der Waals surface area contributed by atoms with Crippen LogP contribution in [0, 0.1) is 0 Å². The molecule has 0 aliphatic carbocycles. The Morgan fingerprint density at radius 2 is 2.20 bits per heavy atom. The maximum absolute atomic E-state index is 5.76. The molecule has 80 valence electrons. The summed E-state index contributed by atoms with van der Waals surface area (Å²) in [5.74, 6) is 0.556. The zero-order valence-electron chi connectivity index (χ0n) is 8.61. The fraction of sp³-hybridized carbons (Fsp3) is 0.364. The zero-order chi connectivity index (χ0) is 10.7. The minimum absolute atomic E-state index is 0.556. The summed E-state index contributed by atoms with van der Waals surface area (Å²) in [6.45, 7) is 3.29. The molecular formula is C11H13ClN2O. The van der Waals surface area contributed by atoms with Gasteiger partial charge >= 0.3 is 0 Å². The summed E-state index contributed by atoms with van der Waals surface area (Å²) in [5.41, 5.74) is 2.02. The van der Waals surface area contributed by atoms with E-state index in [0.29, 0.717) is 18.5 Å². The van der Waals surface area contributed by atoms with Crippen molar-refractivity contribution in [2.45, 2.75) is 13.5 Å². The van der Waals surface area contributed by atoms with Gasteiger partial charge in [-0.25, -0.2) is 0 Å². The molecule has 0 unspecified atom stereocenters. The van der Waals surface area contributed by atoms with E-state index in [1.165, 1.54) is 0 Å². The van der Waals surface area contributed by atoms with Gasteiger partial charge in [-0.2, -0.15) is 4.98 Å². The predicted molar refractivity (Wildman–Crippen MR) is 61.6 cm³/mol. The van der Waals surface area contributed by atoms with Crippen molar-refractivity contribution >= 4 is 22.6 Å². The van der Waals surface area contributed by atoms with E-state index >= 15 is 0 Å². The lowest BCUT2D eigenvalue weighted by Crippen LogP contribution is -2.04. The Labute approximate surface area is 93.6 Å². The van der Waals surface area contributed by atoms with Crippen LogP contribution in [0.4, 0.5) is 0 Å². The highest BCUT2D eigenvalue weighted by molar-refractivity contribution is 6.17. The maximum Gasteiger partial charge on any atom is 0.297 e. The standard InChI is InChI=1S/C11H13ClN2O/c1-2-15-11-13-9-5-3-4-6-10(9)14(11)8-7-12/h3-6H,2,7-8H2,1H3. The van der Waals surface area contributed by atoms with Crippen molar-refractivity contribution < 1.29 is 4.74 Å². The Morgan fingerprint density at radius 3 is 2.93 bits per heavy atom. The van der Waals surface area contributed by atoms with Crippen molar-refractivity contribution in [3.63, 3.8) is 0 Å². The molecule has 0 spiro atoms. The SMILES string of the molecule is CCOc1nc2ccccc2n1CCCl. The van der Waals surface area contributed by atoms with Gasteiger partial charge < -0.3 is 4.74 Å². The maximum atomic E-state index is 5.76. The topological polar surface area (TPSA) is 27.1 Å². The highest BCUT2D eigenvalue weighted by atomic mass is 35.5. The second-order valence-corrected chi connectivity index (χ2v) is 3.53. The normalized spacial score (nSPS) is 10.8. The van der Waals surface area contributed by atoms with E-state index in [0.717, 1.165) is 17.6 Å². The molecule has 1 aromatic heterocycles. The number of fused-ring (bicyclic) bond motifs is 1. The van der Waals surface area contributed by atoms with Crippen molar-refractivity contribution in [1.82, 2.24) is 9.55 Å². The third kappa shape index (κ3) is 1.92. The Morgan fingerprint density at radius 1 is 1.40 bits per heavy atom. The van der Waals surface area contributed by atoms with Gasteiger partial charge in [0.25, 0.3) is 6.01 Å². The molecule has 15 heavy (non-hydrogen) atoms. The van der Waals surface area contributed by atoms with Gasteiger partial charge in [0.1, 0.15) is 0 Å². The van der Waals surface area contributed by atoms with Gasteiger partial charge in [0, 0.05) is 12.4 Å². The molecule has 4 heteroatoms. The average Bonchev–Trinajstić information content (AvgIpc) is 2.59. The van der Waals surface area contributed by atoms with Crippen molar-refractivity contribution in [3.05, 3.63) is 24.3 Å². The molecule has 0 radical (unpaired) electrons. The summed E-state index contributed by atoms with van der Waals surface area (Å²) in [7, 11) is 0. The molecule has 3 nitrogen and oxygen atoms in total. The van der Waals surface area contributed by atoms with Gasteiger partial charge in [-0.15, -0.1) is 11.6 Å². The van der Waals surface area contributed by atoms with E-state index < -0.39 is 0 Å². The third-order valence-corrected chi connectivity index (χ3v) is 2.37. The fourth-order valence-corrected chi connectivity index (χ4v) is 1.76. The van der Waals surface area contributed by atoms with Crippen molar-refractivity contribution in [2.24, 2.45) is 0 Å². The summed E-state index contributed by atoms with van der Waals surface area (Å²) in [6, 6.07) is 8.61. The Bertz CT molecular complexity index is 453. The van der Waals surface area contributed by atoms with Crippen LogP contribution in [-0.4, -0.2) is 22.0 Å².